The molecule has 0 bridgehead atoms. The van der Waals surface area contributed by atoms with Crippen LogP contribution in [-0.4, -0.2) is 79.4 Å². The first-order valence-corrected chi connectivity index (χ1v) is 12.6. The maximum atomic E-state index is 13.2. The van der Waals surface area contributed by atoms with Crippen molar-refractivity contribution in [2.45, 2.75) is 12.5 Å². The van der Waals surface area contributed by atoms with Crippen molar-refractivity contribution >= 4 is 39.9 Å². The van der Waals surface area contributed by atoms with Crippen molar-refractivity contribution in [1.29, 1.82) is 0 Å². The molecule has 0 saturated carbocycles. The molecule has 3 aromatic carbocycles. The molecule has 2 aliphatic heterocycles. The molecule has 2 saturated heterocycles. The van der Waals surface area contributed by atoms with Gasteiger partial charge >= 0.3 is 0 Å². The fraction of sp³-hybridized carbons (Fsp3) is 0.321. The maximum Gasteiger partial charge on any atom is 0.243 e. The second-order valence-corrected chi connectivity index (χ2v) is 9.41. The van der Waals surface area contributed by atoms with Gasteiger partial charge in [0, 0.05) is 56.0 Å². The lowest BCUT2D eigenvalue weighted by Gasteiger charge is -2.39. The zero-order valence-corrected chi connectivity index (χ0v) is 20.5. The van der Waals surface area contributed by atoms with Crippen molar-refractivity contribution in [3.63, 3.8) is 0 Å². The third-order valence-electron chi connectivity index (χ3n) is 7.02. The van der Waals surface area contributed by atoms with Crippen LogP contribution >= 0.6 is 0 Å². The maximum absolute atomic E-state index is 13.2. The Hall–Kier alpha value is -3.98. The number of fused-ring (bicyclic) bond motifs is 1. The van der Waals surface area contributed by atoms with Crippen LogP contribution in [-0.2, 0) is 14.4 Å². The van der Waals surface area contributed by atoms with Gasteiger partial charge in [0.2, 0.25) is 17.7 Å². The quantitative estimate of drug-likeness (QED) is 0.540. The predicted molar refractivity (Wildman–Crippen MR) is 141 cm³/mol. The molecule has 2 heterocycles. The molecule has 8 nitrogen and oxygen atoms in total. The van der Waals surface area contributed by atoms with Crippen LogP contribution in [0.5, 0.6) is 0 Å². The summed E-state index contributed by atoms with van der Waals surface area (Å²) in [4.78, 5) is 44.6. The van der Waals surface area contributed by atoms with Crippen LogP contribution in [0.4, 0.5) is 15.8 Å². The molecule has 2 aliphatic rings. The van der Waals surface area contributed by atoms with Gasteiger partial charge in [-0.05, 0) is 35.7 Å². The van der Waals surface area contributed by atoms with E-state index in [2.05, 4.69) is 20.4 Å². The lowest BCUT2D eigenvalue weighted by molar-refractivity contribution is -0.145. The van der Waals surface area contributed by atoms with Gasteiger partial charge in [0.05, 0.1) is 13.0 Å². The summed E-state index contributed by atoms with van der Waals surface area (Å²) in [6.07, 6.45) is -0.112. The van der Waals surface area contributed by atoms with Crippen LogP contribution in [0.2, 0.25) is 0 Å². The number of nitrogens with one attached hydrogen (secondary N) is 2. The molecule has 5 rings (SSSR count). The van der Waals surface area contributed by atoms with Gasteiger partial charge in [0.1, 0.15) is 11.9 Å². The highest BCUT2D eigenvalue weighted by Crippen LogP contribution is 2.24. The highest BCUT2D eigenvalue weighted by Gasteiger charge is 2.35. The Morgan fingerprint density at radius 1 is 0.919 bits per heavy atom. The number of amides is 3. The molecule has 2 N–H and O–H groups in total. The van der Waals surface area contributed by atoms with Crippen LogP contribution in [0.3, 0.4) is 0 Å². The Kier molecular flexibility index (Phi) is 7.32. The zero-order valence-electron chi connectivity index (χ0n) is 20.5. The van der Waals surface area contributed by atoms with E-state index < -0.39 is 6.04 Å². The number of benzene rings is 3. The van der Waals surface area contributed by atoms with E-state index >= 15 is 0 Å². The van der Waals surface area contributed by atoms with Crippen LogP contribution in [0.1, 0.15) is 6.42 Å². The van der Waals surface area contributed by atoms with E-state index in [0.717, 1.165) is 29.5 Å². The van der Waals surface area contributed by atoms with E-state index in [1.54, 1.807) is 12.1 Å². The van der Waals surface area contributed by atoms with Crippen LogP contribution in [0.25, 0.3) is 10.8 Å². The highest BCUT2D eigenvalue weighted by atomic mass is 19.1. The average Bonchev–Trinajstić information content (AvgIpc) is 2.91. The first-order valence-electron chi connectivity index (χ1n) is 12.6. The summed E-state index contributed by atoms with van der Waals surface area (Å²) in [6.45, 7) is 3.71. The predicted octanol–water partition coefficient (Wildman–Crippen LogP) is 2.46. The molecule has 3 amide bonds. The van der Waals surface area contributed by atoms with Crippen LogP contribution in [0, 0.1) is 5.82 Å². The second-order valence-electron chi connectivity index (χ2n) is 9.41. The number of hydrogen-bond donors (Lipinski definition) is 2. The largest absolute Gasteiger partial charge is 0.369 e. The van der Waals surface area contributed by atoms with Crippen molar-refractivity contribution in [1.82, 2.24) is 15.1 Å². The monoisotopic (exact) mass is 503 g/mol. The van der Waals surface area contributed by atoms with E-state index in [1.807, 2.05) is 42.5 Å². The lowest BCUT2D eigenvalue weighted by atomic mass is 10.1. The molecule has 0 radical (unpaired) electrons. The normalized spacial score (nSPS) is 18.5. The third-order valence-corrected chi connectivity index (χ3v) is 7.02. The molecule has 0 spiro atoms. The number of anilines is 2. The van der Waals surface area contributed by atoms with E-state index in [9.17, 15) is 18.8 Å². The highest BCUT2D eigenvalue weighted by molar-refractivity contribution is 6.04. The minimum atomic E-state index is -0.850. The Morgan fingerprint density at radius 3 is 2.43 bits per heavy atom. The van der Waals surface area contributed by atoms with Crippen molar-refractivity contribution in [3.05, 3.63) is 72.5 Å². The van der Waals surface area contributed by atoms with Crippen LogP contribution in [0.15, 0.2) is 66.7 Å². The Balaban J connectivity index is 1.19. The minimum absolute atomic E-state index is 0.112. The number of hydrogen-bond acceptors (Lipinski definition) is 5. The van der Waals surface area contributed by atoms with E-state index in [1.165, 1.54) is 17.0 Å². The zero-order chi connectivity index (χ0) is 25.8. The smallest absolute Gasteiger partial charge is 0.243 e. The summed E-state index contributed by atoms with van der Waals surface area (Å²) < 4.78 is 13.2. The molecule has 1 atom stereocenters. The van der Waals surface area contributed by atoms with Gasteiger partial charge in [-0.3, -0.25) is 19.3 Å². The van der Waals surface area contributed by atoms with E-state index in [-0.39, 0.29) is 36.5 Å². The molecular weight excluding hydrogens is 473 g/mol. The summed E-state index contributed by atoms with van der Waals surface area (Å²) in [5.74, 6) is -1.05. The number of carbonyl (C=O) groups is 3. The average molecular weight is 504 g/mol. The minimum Gasteiger partial charge on any atom is -0.369 e. The first-order chi connectivity index (χ1) is 18.0. The van der Waals surface area contributed by atoms with E-state index in [4.69, 9.17) is 0 Å². The Bertz CT molecular complexity index is 1290. The second kappa shape index (κ2) is 11.0. The van der Waals surface area contributed by atoms with Gasteiger partial charge in [0.25, 0.3) is 0 Å². The summed E-state index contributed by atoms with van der Waals surface area (Å²) in [7, 11) is 0. The fourth-order valence-corrected chi connectivity index (χ4v) is 5.03. The van der Waals surface area contributed by atoms with Crippen molar-refractivity contribution in [3.8, 4) is 0 Å². The molecule has 0 aliphatic carbocycles. The van der Waals surface area contributed by atoms with Gasteiger partial charge < -0.3 is 20.4 Å². The molecule has 0 unspecified atom stereocenters. The molecule has 37 heavy (non-hydrogen) atoms. The number of carbonyl (C=O) groups excluding carboxylic acids is 3. The number of rotatable bonds is 6. The van der Waals surface area contributed by atoms with Crippen molar-refractivity contribution in [2.24, 2.45) is 0 Å². The standard InChI is InChI=1S/C28H30FN5O3/c29-21-8-10-22(11-9-21)33-16-14-32(15-17-33)19-27(36)34-13-12-30-28(37)25(34)18-26(35)31-24-7-3-5-20-4-1-2-6-23(20)24/h1-11,25H,12-19H2,(H,30,37)(H,31,35)/t25-/m0/s1. The van der Waals surface area contributed by atoms with Gasteiger partial charge in [-0.25, -0.2) is 4.39 Å². The molecule has 192 valence electrons. The van der Waals surface area contributed by atoms with E-state index in [0.29, 0.717) is 31.9 Å². The molecule has 9 heteroatoms. The topological polar surface area (TPSA) is 85.0 Å². The number of nitrogens with zero attached hydrogens (tertiary/aromatic N) is 3. The van der Waals surface area contributed by atoms with Crippen molar-refractivity contribution < 1.29 is 18.8 Å². The summed E-state index contributed by atoms with van der Waals surface area (Å²) in [5, 5.41) is 7.63. The fourth-order valence-electron chi connectivity index (χ4n) is 5.03. The third kappa shape index (κ3) is 5.72. The van der Waals surface area contributed by atoms with Gasteiger partial charge in [-0.2, -0.15) is 0 Å². The van der Waals surface area contributed by atoms with Gasteiger partial charge in [0.15, 0.2) is 0 Å². The first kappa shape index (κ1) is 24.7. The summed E-state index contributed by atoms with van der Waals surface area (Å²) >= 11 is 0. The number of piperazine rings is 2. The lowest BCUT2D eigenvalue weighted by Crippen LogP contribution is -2.60. The molecular formula is C28H30FN5O3. The summed E-state index contributed by atoms with van der Waals surface area (Å²) in [5.41, 5.74) is 1.63. The molecule has 2 fully saturated rings. The Morgan fingerprint density at radius 2 is 1.65 bits per heavy atom. The van der Waals surface area contributed by atoms with Crippen molar-refractivity contribution in [2.75, 3.05) is 56.0 Å². The van der Waals surface area contributed by atoms with Crippen LogP contribution < -0.4 is 15.5 Å². The van der Waals surface area contributed by atoms with Gasteiger partial charge in [-0.15, -0.1) is 0 Å². The summed E-state index contributed by atoms with van der Waals surface area (Å²) in [6, 6.07) is 19.0. The van der Waals surface area contributed by atoms with Gasteiger partial charge in [-0.1, -0.05) is 36.4 Å². The molecule has 3 aromatic rings. The SMILES string of the molecule is O=C(C[C@H]1C(=O)NCCN1C(=O)CN1CCN(c2ccc(F)cc2)CC1)Nc1cccc2ccccc12. The number of halogens is 1. The Labute approximate surface area is 215 Å². The molecule has 0 aromatic heterocycles.